The molecule has 2 heterocycles. The molecule has 0 aromatic heterocycles. The summed E-state index contributed by atoms with van der Waals surface area (Å²) in [7, 11) is 1.34. The number of hydrogen-bond acceptors (Lipinski definition) is 5. The zero-order chi connectivity index (χ0) is 18.9. The topological polar surface area (TPSA) is 87.7 Å². The predicted molar refractivity (Wildman–Crippen MR) is 106 cm³/mol. The van der Waals surface area contributed by atoms with E-state index < -0.39 is 0 Å². The Hall–Kier alpha value is -1.34. The van der Waals surface area contributed by atoms with Gasteiger partial charge >= 0.3 is 5.97 Å². The summed E-state index contributed by atoms with van der Waals surface area (Å²) >= 11 is 0. The minimum atomic E-state index is -0.366. The Bertz CT molecular complexity index is 497. The van der Waals surface area contributed by atoms with Gasteiger partial charge in [-0.1, -0.05) is 6.92 Å². The molecule has 2 atom stereocenters. The highest BCUT2D eigenvalue weighted by molar-refractivity contribution is 5.85. The molecule has 27 heavy (non-hydrogen) atoms. The Morgan fingerprint density at radius 3 is 2.59 bits per heavy atom. The number of nitrogens with one attached hydrogen (secondary N) is 2. The molecule has 156 valence electrons. The van der Waals surface area contributed by atoms with E-state index in [2.05, 4.69) is 15.4 Å². The van der Waals surface area contributed by atoms with Crippen LogP contribution >= 0.6 is 12.4 Å². The van der Waals surface area contributed by atoms with E-state index in [4.69, 9.17) is 0 Å². The fourth-order valence-electron chi connectivity index (χ4n) is 3.76. The molecule has 2 saturated heterocycles. The molecule has 2 aliphatic rings. The van der Waals surface area contributed by atoms with Crippen LogP contribution < -0.4 is 10.6 Å². The van der Waals surface area contributed by atoms with Gasteiger partial charge in [0.2, 0.25) is 11.8 Å². The Morgan fingerprint density at radius 2 is 1.93 bits per heavy atom. The Kier molecular flexibility index (Phi) is 10.7. The van der Waals surface area contributed by atoms with Crippen molar-refractivity contribution < 1.29 is 19.1 Å². The van der Waals surface area contributed by atoms with Crippen LogP contribution in [0.15, 0.2) is 0 Å². The Balaban J connectivity index is 0.00000364. The average molecular weight is 404 g/mol. The van der Waals surface area contributed by atoms with E-state index in [9.17, 15) is 14.4 Å². The van der Waals surface area contributed by atoms with E-state index in [1.54, 1.807) is 6.92 Å². The zero-order valence-electron chi connectivity index (χ0n) is 16.5. The smallest absolute Gasteiger partial charge is 0.310 e. The van der Waals surface area contributed by atoms with Gasteiger partial charge in [-0.2, -0.15) is 0 Å². The number of nitrogens with zero attached hydrogens (tertiary/aromatic N) is 1. The molecule has 2 rings (SSSR count). The second-order valence-corrected chi connectivity index (χ2v) is 7.58. The number of likely N-dealkylation sites (tertiary alicyclic amines) is 1. The molecule has 2 amide bonds. The van der Waals surface area contributed by atoms with E-state index in [1.165, 1.54) is 7.11 Å². The standard InChI is InChI=1S/C19H33N3O4.ClH/c1-14(19(25)26-2)12-21-18(24)16-4-3-11-22(13-16)17(23)6-5-15-7-9-20-10-8-15;/h14-16,20H,3-13H2,1-2H3,(H,21,24);1H/t14-,16-;/m1./s1. The monoisotopic (exact) mass is 403 g/mol. The molecule has 0 spiro atoms. The maximum absolute atomic E-state index is 12.5. The number of ether oxygens (including phenoxy) is 1. The second kappa shape index (κ2) is 12.2. The normalized spacial score (nSPS) is 21.7. The fraction of sp³-hybridized carbons (Fsp3) is 0.842. The number of carbonyl (C=O) groups is 3. The van der Waals surface area contributed by atoms with Gasteiger partial charge in [0.1, 0.15) is 0 Å². The molecular formula is C19H34ClN3O4. The van der Waals surface area contributed by atoms with Gasteiger partial charge in [-0.05, 0) is 51.1 Å². The van der Waals surface area contributed by atoms with Crippen LogP contribution in [0.25, 0.3) is 0 Å². The van der Waals surface area contributed by atoms with Crippen LogP contribution in [0.4, 0.5) is 0 Å². The Morgan fingerprint density at radius 1 is 1.22 bits per heavy atom. The maximum atomic E-state index is 12.5. The van der Waals surface area contributed by atoms with E-state index >= 15 is 0 Å². The van der Waals surface area contributed by atoms with Crippen LogP contribution in [0, 0.1) is 17.8 Å². The van der Waals surface area contributed by atoms with E-state index in [0.29, 0.717) is 18.9 Å². The number of amides is 2. The van der Waals surface area contributed by atoms with Gasteiger partial charge in [0.25, 0.3) is 0 Å². The summed E-state index contributed by atoms with van der Waals surface area (Å²) in [5.41, 5.74) is 0. The number of esters is 1. The van der Waals surface area contributed by atoms with Gasteiger partial charge < -0.3 is 20.3 Å². The van der Waals surface area contributed by atoms with Crippen molar-refractivity contribution in [1.82, 2.24) is 15.5 Å². The zero-order valence-corrected chi connectivity index (χ0v) is 17.3. The molecular weight excluding hydrogens is 370 g/mol. The summed E-state index contributed by atoms with van der Waals surface area (Å²) in [5, 5.41) is 6.17. The van der Waals surface area contributed by atoms with Gasteiger partial charge in [0.15, 0.2) is 0 Å². The van der Waals surface area contributed by atoms with Crippen molar-refractivity contribution >= 4 is 30.2 Å². The van der Waals surface area contributed by atoms with Gasteiger partial charge in [0, 0.05) is 26.1 Å². The van der Waals surface area contributed by atoms with Crippen molar-refractivity contribution in [3.63, 3.8) is 0 Å². The summed E-state index contributed by atoms with van der Waals surface area (Å²) in [6.45, 7) is 5.33. The number of halogens is 1. The van der Waals surface area contributed by atoms with Crippen molar-refractivity contribution in [1.29, 1.82) is 0 Å². The molecule has 0 bridgehead atoms. The summed E-state index contributed by atoms with van der Waals surface area (Å²) in [4.78, 5) is 38.2. The Labute approximate surface area is 168 Å². The van der Waals surface area contributed by atoms with E-state index in [1.807, 2.05) is 4.90 Å². The summed E-state index contributed by atoms with van der Waals surface area (Å²) in [6.07, 6.45) is 5.47. The van der Waals surface area contributed by atoms with E-state index in [-0.39, 0.29) is 48.6 Å². The number of piperidine rings is 2. The molecule has 0 saturated carbocycles. The molecule has 0 radical (unpaired) electrons. The van der Waals surface area contributed by atoms with Gasteiger partial charge in [0.05, 0.1) is 18.9 Å². The minimum absolute atomic E-state index is 0. The highest BCUT2D eigenvalue weighted by atomic mass is 35.5. The predicted octanol–water partition coefficient (Wildman–Crippen LogP) is 1.35. The molecule has 0 aromatic rings. The molecule has 2 fully saturated rings. The van der Waals surface area contributed by atoms with Crippen LogP contribution in [0.5, 0.6) is 0 Å². The van der Waals surface area contributed by atoms with Crippen LogP contribution in [0.1, 0.15) is 45.4 Å². The molecule has 8 heteroatoms. The first-order valence-electron chi connectivity index (χ1n) is 9.85. The fourth-order valence-corrected chi connectivity index (χ4v) is 3.76. The van der Waals surface area contributed by atoms with Crippen molar-refractivity contribution in [2.24, 2.45) is 17.8 Å². The number of hydrogen-bond donors (Lipinski definition) is 2. The van der Waals surface area contributed by atoms with Crippen LogP contribution in [-0.2, 0) is 19.1 Å². The number of methoxy groups -OCH3 is 1. The SMILES string of the molecule is COC(=O)[C@H](C)CNC(=O)[C@@H]1CCCN(C(=O)CCC2CCNCC2)C1.Cl. The highest BCUT2D eigenvalue weighted by Crippen LogP contribution is 2.21. The highest BCUT2D eigenvalue weighted by Gasteiger charge is 2.29. The molecule has 2 aliphatic heterocycles. The third-order valence-corrected chi connectivity index (χ3v) is 5.56. The van der Waals surface area contributed by atoms with Crippen LogP contribution in [-0.4, -0.2) is 62.5 Å². The first-order valence-corrected chi connectivity index (χ1v) is 9.85. The largest absolute Gasteiger partial charge is 0.469 e. The maximum Gasteiger partial charge on any atom is 0.310 e. The molecule has 0 unspecified atom stereocenters. The second-order valence-electron chi connectivity index (χ2n) is 7.58. The lowest BCUT2D eigenvalue weighted by Crippen LogP contribution is -2.46. The molecule has 7 nitrogen and oxygen atoms in total. The molecule has 0 aromatic carbocycles. The lowest BCUT2D eigenvalue weighted by Gasteiger charge is -2.33. The average Bonchev–Trinajstić information content (AvgIpc) is 2.70. The van der Waals surface area contributed by atoms with Crippen LogP contribution in [0.3, 0.4) is 0 Å². The summed E-state index contributed by atoms with van der Waals surface area (Å²) in [6, 6.07) is 0. The summed E-state index contributed by atoms with van der Waals surface area (Å²) in [5.74, 6) is -0.139. The number of carbonyl (C=O) groups excluding carboxylic acids is 3. The van der Waals surface area contributed by atoms with Gasteiger partial charge in [-0.15, -0.1) is 12.4 Å². The van der Waals surface area contributed by atoms with Crippen LogP contribution in [0.2, 0.25) is 0 Å². The lowest BCUT2D eigenvalue weighted by molar-refractivity contribution is -0.144. The third kappa shape index (κ3) is 7.66. The molecule has 2 N–H and O–H groups in total. The van der Waals surface area contributed by atoms with Crippen molar-refractivity contribution in [3.05, 3.63) is 0 Å². The summed E-state index contributed by atoms with van der Waals surface area (Å²) < 4.78 is 4.67. The molecule has 0 aliphatic carbocycles. The van der Waals surface area contributed by atoms with Crippen molar-refractivity contribution in [3.8, 4) is 0 Å². The van der Waals surface area contributed by atoms with E-state index in [0.717, 1.165) is 51.7 Å². The third-order valence-electron chi connectivity index (χ3n) is 5.56. The first-order chi connectivity index (χ1) is 12.5. The first kappa shape index (κ1) is 23.7. The van der Waals surface area contributed by atoms with Crippen molar-refractivity contribution in [2.45, 2.75) is 45.4 Å². The lowest BCUT2D eigenvalue weighted by atomic mass is 9.92. The van der Waals surface area contributed by atoms with Gasteiger partial charge in [-0.3, -0.25) is 14.4 Å². The van der Waals surface area contributed by atoms with Gasteiger partial charge in [-0.25, -0.2) is 0 Å². The van der Waals surface area contributed by atoms with Crippen molar-refractivity contribution in [2.75, 3.05) is 39.8 Å². The quantitative estimate of drug-likeness (QED) is 0.626. The minimum Gasteiger partial charge on any atom is -0.469 e. The number of rotatable bonds is 7.